The Morgan fingerprint density at radius 2 is 2.26 bits per heavy atom. The SMILES string of the molecule is CCC(CC1CC1)Nc1cccc(SC)c1C(=O)O. The van der Waals surface area contributed by atoms with Crippen molar-refractivity contribution in [3.63, 3.8) is 0 Å². The van der Waals surface area contributed by atoms with E-state index in [2.05, 4.69) is 12.2 Å². The van der Waals surface area contributed by atoms with Crippen LogP contribution in [0.15, 0.2) is 23.1 Å². The molecule has 0 bridgehead atoms. The van der Waals surface area contributed by atoms with Crippen molar-refractivity contribution in [1.82, 2.24) is 0 Å². The van der Waals surface area contributed by atoms with Crippen molar-refractivity contribution in [3.05, 3.63) is 23.8 Å². The number of thioether (sulfide) groups is 1. The fourth-order valence-corrected chi connectivity index (χ4v) is 2.96. The molecule has 0 saturated heterocycles. The van der Waals surface area contributed by atoms with Crippen molar-refractivity contribution in [1.29, 1.82) is 0 Å². The highest BCUT2D eigenvalue weighted by Gasteiger charge is 2.25. The molecule has 0 radical (unpaired) electrons. The highest BCUT2D eigenvalue weighted by atomic mass is 32.2. The van der Waals surface area contributed by atoms with E-state index in [1.807, 2.05) is 24.5 Å². The fourth-order valence-electron chi connectivity index (χ4n) is 2.35. The van der Waals surface area contributed by atoms with E-state index in [1.165, 1.54) is 24.6 Å². The lowest BCUT2D eigenvalue weighted by molar-refractivity contribution is 0.0694. The number of hydrogen-bond acceptors (Lipinski definition) is 3. The molecule has 0 amide bonds. The van der Waals surface area contributed by atoms with Crippen molar-refractivity contribution in [2.45, 2.75) is 43.5 Å². The number of carboxylic acids is 1. The lowest BCUT2D eigenvalue weighted by Gasteiger charge is -2.20. The molecule has 0 heterocycles. The van der Waals surface area contributed by atoms with Gasteiger partial charge in [0.2, 0.25) is 0 Å². The van der Waals surface area contributed by atoms with E-state index in [-0.39, 0.29) is 0 Å². The maximum Gasteiger partial charge on any atom is 0.338 e. The van der Waals surface area contributed by atoms with Crippen LogP contribution in [0.2, 0.25) is 0 Å². The molecule has 0 aromatic heterocycles. The molecule has 19 heavy (non-hydrogen) atoms. The summed E-state index contributed by atoms with van der Waals surface area (Å²) in [6.45, 7) is 2.15. The molecule has 2 rings (SSSR count). The van der Waals surface area contributed by atoms with Crippen molar-refractivity contribution in [2.75, 3.05) is 11.6 Å². The monoisotopic (exact) mass is 279 g/mol. The second-order valence-electron chi connectivity index (χ2n) is 5.12. The average molecular weight is 279 g/mol. The fraction of sp³-hybridized carbons (Fsp3) is 0.533. The van der Waals surface area contributed by atoms with Crippen LogP contribution in [0.4, 0.5) is 5.69 Å². The van der Waals surface area contributed by atoms with Crippen molar-refractivity contribution < 1.29 is 9.90 Å². The quantitative estimate of drug-likeness (QED) is 0.738. The van der Waals surface area contributed by atoms with Gasteiger partial charge in [0.1, 0.15) is 0 Å². The Labute approximate surface area is 118 Å². The standard InChI is InChI=1S/C15H21NO2S/c1-3-11(9-10-7-8-10)16-12-5-4-6-13(19-2)14(12)15(17)18/h4-6,10-11,16H,3,7-9H2,1-2H3,(H,17,18). The summed E-state index contributed by atoms with van der Waals surface area (Å²) in [4.78, 5) is 12.3. The number of nitrogens with one attached hydrogen (secondary N) is 1. The molecule has 1 fully saturated rings. The van der Waals surface area contributed by atoms with Gasteiger partial charge in [-0.25, -0.2) is 4.79 Å². The molecule has 4 heteroatoms. The molecule has 1 atom stereocenters. The first-order chi connectivity index (χ1) is 9.15. The second-order valence-corrected chi connectivity index (χ2v) is 5.96. The van der Waals surface area contributed by atoms with Crippen LogP contribution < -0.4 is 5.32 Å². The zero-order chi connectivity index (χ0) is 13.8. The summed E-state index contributed by atoms with van der Waals surface area (Å²) in [5, 5.41) is 12.8. The highest BCUT2D eigenvalue weighted by molar-refractivity contribution is 7.98. The Bertz CT molecular complexity index is 457. The Hall–Kier alpha value is -1.16. The first-order valence-electron chi connectivity index (χ1n) is 6.82. The Morgan fingerprint density at radius 1 is 1.53 bits per heavy atom. The molecule has 0 aliphatic heterocycles. The van der Waals surface area contributed by atoms with Gasteiger partial charge in [0.25, 0.3) is 0 Å². The number of carbonyl (C=O) groups is 1. The van der Waals surface area contributed by atoms with Crippen molar-refractivity contribution >= 4 is 23.4 Å². The molecule has 1 aromatic carbocycles. The summed E-state index contributed by atoms with van der Waals surface area (Å²) in [6, 6.07) is 6.03. The van der Waals surface area contributed by atoms with E-state index in [4.69, 9.17) is 0 Å². The largest absolute Gasteiger partial charge is 0.478 e. The molecule has 1 unspecified atom stereocenters. The molecule has 1 aliphatic carbocycles. The summed E-state index contributed by atoms with van der Waals surface area (Å²) in [6.07, 6.45) is 6.74. The molecule has 0 spiro atoms. The molecule has 3 nitrogen and oxygen atoms in total. The normalized spacial score (nSPS) is 16.1. The van der Waals surface area contributed by atoms with E-state index in [0.29, 0.717) is 11.6 Å². The number of anilines is 1. The lowest BCUT2D eigenvalue weighted by atomic mass is 10.1. The number of hydrogen-bond donors (Lipinski definition) is 2. The summed E-state index contributed by atoms with van der Waals surface area (Å²) in [7, 11) is 0. The zero-order valence-corrected chi connectivity index (χ0v) is 12.3. The van der Waals surface area contributed by atoms with Gasteiger partial charge < -0.3 is 10.4 Å². The van der Waals surface area contributed by atoms with Gasteiger partial charge >= 0.3 is 5.97 Å². The molecule has 104 valence electrons. The summed E-state index contributed by atoms with van der Waals surface area (Å²) < 4.78 is 0. The topological polar surface area (TPSA) is 49.3 Å². The third kappa shape index (κ3) is 3.66. The minimum atomic E-state index is -0.853. The van der Waals surface area contributed by atoms with Crippen LogP contribution in [-0.2, 0) is 0 Å². The summed E-state index contributed by atoms with van der Waals surface area (Å²) in [5.41, 5.74) is 1.16. The van der Waals surface area contributed by atoms with Crippen LogP contribution >= 0.6 is 11.8 Å². The predicted molar refractivity (Wildman–Crippen MR) is 80.2 cm³/mol. The first-order valence-corrected chi connectivity index (χ1v) is 8.05. The Balaban J connectivity index is 2.19. The number of aromatic carboxylic acids is 1. The van der Waals surface area contributed by atoms with Gasteiger partial charge in [-0.2, -0.15) is 0 Å². The molecule has 1 saturated carbocycles. The zero-order valence-electron chi connectivity index (χ0n) is 11.5. The van der Waals surface area contributed by atoms with Gasteiger partial charge in [-0.05, 0) is 37.1 Å². The summed E-state index contributed by atoms with van der Waals surface area (Å²) in [5.74, 6) is -0.0109. The first kappa shape index (κ1) is 14.3. The smallest absolute Gasteiger partial charge is 0.338 e. The minimum Gasteiger partial charge on any atom is -0.478 e. The van der Waals surface area contributed by atoms with E-state index in [0.717, 1.165) is 29.3 Å². The Kier molecular flexibility index (Phi) is 4.75. The number of benzene rings is 1. The molecule has 1 aliphatic rings. The van der Waals surface area contributed by atoms with Crippen molar-refractivity contribution in [2.24, 2.45) is 5.92 Å². The second kappa shape index (κ2) is 6.33. The van der Waals surface area contributed by atoms with Crippen LogP contribution in [0.5, 0.6) is 0 Å². The maximum absolute atomic E-state index is 11.5. The van der Waals surface area contributed by atoms with Crippen LogP contribution in [0, 0.1) is 5.92 Å². The maximum atomic E-state index is 11.5. The molecule has 1 aromatic rings. The van der Waals surface area contributed by atoms with Gasteiger partial charge in [-0.15, -0.1) is 11.8 Å². The van der Waals surface area contributed by atoms with Crippen LogP contribution in [0.1, 0.15) is 43.0 Å². The average Bonchev–Trinajstić information content (AvgIpc) is 3.21. The van der Waals surface area contributed by atoms with Gasteiger partial charge in [-0.1, -0.05) is 25.8 Å². The van der Waals surface area contributed by atoms with E-state index in [9.17, 15) is 9.90 Å². The van der Waals surface area contributed by atoms with E-state index in [1.54, 1.807) is 0 Å². The molecular formula is C15H21NO2S. The number of carboxylic acid groups (broad SMARTS) is 1. The lowest BCUT2D eigenvalue weighted by Crippen LogP contribution is -2.21. The van der Waals surface area contributed by atoms with Gasteiger partial charge in [-0.3, -0.25) is 0 Å². The Morgan fingerprint density at radius 3 is 2.79 bits per heavy atom. The molecule has 2 N–H and O–H groups in total. The van der Waals surface area contributed by atoms with Gasteiger partial charge in [0.05, 0.1) is 11.3 Å². The van der Waals surface area contributed by atoms with Crippen LogP contribution in [0.3, 0.4) is 0 Å². The third-order valence-electron chi connectivity index (χ3n) is 3.63. The molecular weight excluding hydrogens is 258 g/mol. The van der Waals surface area contributed by atoms with E-state index >= 15 is 0 Å². The van der Waals surface area contributed by atoms with Gasteiger partial charge in [0.15, 0.2) is 0 Å². The summed E-state index contributed by atoms with van der Waals surface area (Å²) >= 11 is 1.48. The van der Waals surface area contributed by atoms with E-state index < -0.39 is 5.97 Å². The van der Waals surface area contributed by atoms with Gasteiger partial charge in [0, 0.05) is 10.9 Å². The van der Waals surface area contributed by atoms with Crippen LogP contribution in [0.25, 0.3) is 0 Å². The minimum absolute atomic E-state index is 0.378. The highest BCUT2D eigenvalue weighted by Crippen LogP contribution is 2.35. The predicted octanol–water partition coefficient (Wildman–Crippen LogP) is 4.10. The van der Waals surface area contributed by atoms with Crippen molar-refractivity contribution in [3.8, 4) is 0 Å². The third-order valence-corrected chi connectivity index (χ3v) is 4.41. The van der Waals surface area contributed by atoms with Crippen LogP contribution in [-0.4, -0.2) is 23.4 Å². The number of rotatable bonds is 7.